The van der Waals surface area contributed by atoms with Gasteiger partial charge >= 0.3 is 29.6 Å². The van der Waals surface area contributed by atoms with Gasteiger partial charge < -0.3 is 25.6 Å². The smallest absolute Gasteiger partial charge is 0.550 e. The minimum Gasteiger partial charge on any atom is -0.550 e. The van der Waals surface area contributed by atoms with Crippen molar-refractivity contribution < 1.29 is 55.1 Å². The first kappa shape index (κ1) is 26.6. The molecule has 0 spiro atoms. The fourth-order valence-corrected chi connectivity index (χ4v) is 8.71. The molecule has 0 aromatic carbocycles. The first-order chi connectivity index (χ1) is 13.2. The summed E-state index contributed by atoms with van der Waals surface area (Å²) in [6.07, 6.45) is 8.98. The summed E-state index contributed by atoms with van der Waals surface area (Å²) < 4.78 is 0. The Bertz CT molecular complexity index is 614. The van der Waals surface area contributed by atoms with E-state index in [0.29, 0.717) is 41.9 Å². The van der Waals surface area contributed by atoms with Gasteiger partial charge in [-0.25, -0.2) is 0 Å². The Hall–Kier alpha value is 0.350. The number of carboxylic acids is 1. The molecule has 0 aromatic heterocycles. The van der Waals surface area contributed by atoms with E-state index < -0.39 is 5.97 Å². The summed E-state index contributed by atoms with van der Waals surface area (Å²) >= 11 is 0. The van der Waals surface area contributed by atoms with Crippen LogP contribution in [0.1, 0.15) is 85.0 Å². The number of fused-ring (bicyclic) bond motifs is 5. The van der Waals surface area contributed by atoms with E-state index in [0.717, 1.165) is 32.1 Å². The first-order valence-corrected chi connectivity index (χ1v) is 11.7. The summed E-state index contributed by atoms with van der Waals surface area (Å²) in [5.74, 6) is 2.19. The molecule has 4 aliphatic carbocycles. The standard InChI is InChI=1S/C24H40O4.Na.H2O/c1-14(4-9-22(27)28)18-7-8-19-17-6-5-15-12-16(25)10-11-23(15,2)20(17)13-21(26)24(18,19)3;;/h14-21,25-26H,4-13H2,1-3H3,(H,27,28);;1H2/q;+1;/p-1/t14-,15?,16?,17?,18?,19?,20?,21?,23?,24?;;/m0../s1. The second-order valence-electron chi connectivity index (χ2n) is 11.3. The topological polar surface area (TPSA) is 112 Å². The average Bonchev–Trinajstić information content (AvgIpc) is 3.00. The minimum absolute atomic E-state index is 0. The molecule has 30 heavy (non-hydrogen) atoms. The predicted octanol–water partition coefficient (Wildman–Crippen LogP) is -0.677. The molecule has 6 heteroatoms. The van der Waals surface area contributed by atoms with E-state index in [1.807, 2.05) is 0 Å². The van der Waals surface area contributed by atoms with Crippen LogP contribution in [0.15, 0.2) is 0 Å². The van der Waals surface area contributed by atoms with Gasteiger partial charge in [-0.15, -0.1) is 0 Å². The summed E-state index contributed by atoms with van der Waals surface area (Å²) in [6, 6.07) is 0. The van der Waals surface area contributed by atoms with Gasteiger partial charge in [0.15, 0.2) is 0 Å². The molecule has 4 N–H and O–H groups in total. The molecule has 5 nitrogen and oxygen atoms in total. The quantitative estimate of drug-likeness (QED) is 0.574. The van der Waals surface area contributed by atoms with E-state index in [9.17, 15) is 20.1 Å². The van der Waals surface area contributed by atoms with E-state index >= 15 is 0 Å². The number of rotatable bonds is 4. The van der Waals surface area contributed by atoms with Crippen molar-refractivity contribution in [1.82, 2.24) is 0 Å². The summed E-state index contributed by atoms with van der Waals surface area (Å²) in [6.45, 7) is 6.94. The second-order valence-corrected chi connectivity index (χ2v) is 11.3. The second kappa shape index (κ2) is 9.69. The van der Waals surface area contributed by atoms with Gasteiger partial charge in [-0.1, -0.05) is 20.8 Å². The third kappa shape index (κ3) is 4.17. The minimum atomic E-state index is -0.957. The molecular weight excluding hydrogens is 391 g/mol. The molecule has 0 heterocycles. The molecule has 0 bridgehead atoms. The molecule has 0 radical (unpaired) electrons. The van der Waals surface area contributed by atoms with Crippen molar-refractivity contribution in [1.29, 1.82) is 0 Å². The maximum Gasteiger partial charge on any atom is 1.00 e. The molecule has 0 saturated heterocycles. The number of hydrogen-bond donors (Lipinski definition) is 2. The van der Waals surface area contributed by atoms with Crippen molar-refractivity contribution >= 4 is 5.97 Å². The van der Waals surface area contributed by atoms with Crippen LogP contribution in [0, 0.1) is 46.3 Å². The summed E-state index contributed by atoms with van der Waals surface area (Å²) in [5.41, 5.74) is 0.188. The van der Waals surface area contributed by atoms with E-state index in [-0.39, 0.29) is 64.5 Å². The molecule has 4 fully saturated rings. The average molecular weight is 433 g/mol. The Balaban J connectivity index is 0.00000160. The van der Waals surface area contributed by atoms with Crippen LogP contribution in [0.4, 0.5) is 0 Å². The Morgan fingerprint density at radius 2 is 1.77 bits per heavy atom. The zero-order chi connectivity index (χ0) is 20.3. The molecule has 0 aromatic rings. The fourth-order valence-electron chi connectivity index (χ4n) is 8.71. The normalized spacial score (nSPS) is 48.2. The summed E-state index contributed by atoms with van der Waals surface area (Å²) in [7, 11) is 0. The van der Waals surface area contributed by atoms with E-state index in [1.54, 1.807) is 0 Å². The maximum atomic E-state index is 11.5. The molecule has 4 aliphatic rings. The third-order valence-corrected chi connectivity index (χ3v) is 10.3. The van der Waals surface area contributed by atoms with Gasteiger partial charge in [0.05, 0.1) is 12.2 Å². The fraction of sp³-hybridized carbons (Fsp3) is 0.958. The third-order valence-electron chi connectivity index (χ3n) is 10.3. The van der Waals surface area contributed by atoms with Crippen LogP contribution in [0.25, 0.3) is 0 Å². The van der Waals surface area contributed by atoms with Gasteiger partial charge in [-0.2, -0.15) is 0 Å². The number of aliphatic hydroxyl groups excluding tert-OH is 2. The SMILES string of the molecule is C[C@@H](CCC(=O)[O-])C1CCC2C3CCC4CC(O)CCC4(C)C3CC(O)C21C.O.[Na+]. The number of aliphatic carboxylic acids is 1. The molecule has 9 unspecified atom stereocenters. The van der Waals surface area contributed by atoms with Gasteiger partial charge in [-0.05, 0) is 111 Å². The molecule has 4 rings (SSSR count). The van der Waals surface area contributed by atoms with E-state index in [4.69, 9.17) is 0 Å². The van der Waals surface area contributed by atoms with Gasteiger partial charge in [0.25, 0.3) is 0 Å². The molecule has 0 aliphatic heterocycles. The zero-order valence-corrected chi connectivity index (χ0v) is 21.4. The number of aliphatic hydroxyl groups is 2. The van der Waals surface area contributed by atoms with Crippen molar-refractivity contribution in [3.63, 3.8) is 0 Å². The van der Waals surface area contributed by atoms with Crippen LogP contribution in [-0.4, -0.2) is 33.9 Å². The predicted molar refractivity (Wildman–Crippen MR) is 110 cm³/mol. The van der Waals surface area contributed by atoms with Gasteiger partial charge in [0, 0.05) is 5.97 Å². The Labute approximate surface area is 204 Å². The van der Waals surface area contributed by atoms with Crippen LogP contribution in [-0.2, 0) is 4.79 Å². The Kier molecular flexibility index (Phi) is 8.59. The molecule has 4 saturated carbocycles. The van der Waals surface area contributed by atoms with Crippen LogP contribution in [0.2, 0.25) is 0 Å². The van der Waals surface area contributed by atoms with Crippen LogP contribution >= 0.6 is 0 Å². The number of carbonyl (C=O) groups excluding carboxylic acids is 1. The molecule has 10 atom stereocenters. The van der Waals surface area contributed by atoms with Crippen molar-refractivity contribution in [3.8, 4) is 0 Å². The zero-order valence-electron chi connectivity index (χ0n) is 19.4. The van der Waals surface area contributed by atoms with Gasteiger partial charge in [-0.3, -0.25) is 0 Å². The first-order valence-electron chi connectivity index (χ1n) is 11.7. The van der Waals surface area contributed by atoms with E-state index in [2.05, 4.69) is 20.8 Å². The van der Waals surface area contributed by atoms with E-state index in [1.165, 1.54) is 19.3 Å². The Morgan fingerprint density at radius 3 is 2.43 bits per heavy atom. The van der Waals surface area contributed by atoms with Gasteiger partial charge in [0.2, 0.25) is 0 Å². The van der Waals surface area contributed by atoms with Crippen LogP contribution in [0.5, 0.6) is 0 Å². The van der Waals surface area contributed by atoms with Crippen LogP contribution < -0.4 is 34.7 Å². The molecule has 168 valence electrons. The number of hydrogen-bond acceptors (Lipinski definition) is 4. The number of carbonyl (C=O) groups is 1. The Morgan fingerprint density at radius 1 is 1.07 bits per heavy atom. The van der Waals surface area contributed by atoms with Crippen LogP contribution in [0.3, 0.4) is 0 Å². The van der Waals surface area contributed by atoms with Crippen molar-refractivity contribution in [2.45, 2.75) is 97.2 Å². The monoisotopic (exact) mass is 432 g/mol. The van der Waals surface area contributed by atoms with Gasteiger partial charge in [0.1, 0.15) is 0 Å². The maximum absolute atomic E-state index is 11.5. The summed E-state index contributed by atoms with van der Waals surface area (Å²) in [5, 5.41) is 32.6. The molecular formula is C24H41NaO5. The van der Waals surface area contributed by atoms with Crippen molar-refractivity contribution in [3.05, 3.63) is 0 Å². The molecule has 0 amide bonds. The number of carboxylic acid groups (broad SMARTS) is 1. The summed E-state index contributed by atoms with van der Waals surface area (Å²) in [4.78, 5) is 10.9. The van der Waals surface area contributed by atoms with Crippen molar-refractivity contribution in [2.75, 3.05) is 0 Å². The largest absolute Gasteiger partial charge is 1.00 e. The van der Waals surface area contributed by atoms with Crippen molar-refractivity contribution in [2.24, 2.45) is 46.3 Å².